The van der Waals surface area contributed by atoms with Crippen molar-refractivity contribution in [3.05, 3.63) is 12.2 Å². The number of fused-ring (bicyclic) bond motifs is 1. The summed E-state index contributed by atoms with van der Waals surface area (Å²) < 4.78 is 5.14. The third kappa shape index (κ3) is 1.42. The molecule has 72 valence electrons. The Morgan fingerprint density at radius 3 is 3.23 bits per heavy atom. The van der Waals surface area contributed by atoms with E-state index in [2.05, 4.69) is 6.08 Å². The molecule has 1 fully saturated rings. The Morgan fingerprint density at radius 2 is 2.46 bits per heavy atom. The SMILES string of the molecule is O=C1O[C@@H](CCO)[C@@H]2CC=CCN12. The lowest BCUT2D eigenvalue weighted by Gasteiger charge is -2.24. The van der Waals surface area contributed by atoms with Crippen molar-refractivity contribution in [3.8, 4) is 0 Å². The molecule has 2 atom stereocenters. The first-order valence-electron chi connectivity index (χ1n) is 4.56. The van der Waals surface area contributed by atoms with Gasteiger partial charge in [0.1, 0.15) is 6.10 Å². The van der Waals surface area contributed by atoms with Gasteiger partial charge in [0.15, 0.2) is 0 Å². The number of ether oxygens (including phenoxy) is 1. The summed E-state index contributed by atoms with van der Waals surface area (Å²) in [5.74, 6) is 0. The highest BCUT2D eigenvalue weighted by Crippen LogP contribution is 2.26. The predicted molar refractivity (Wildman–Crippen MR) is 46.2 cm³/mol. The number of cyclic esters (lactones) is 1. The maximum Gasteiger partial charge on any atom is 0.410 e. The van der Waals surface area contributed by atoms with Crippen LogP contribution in [0.2, 0.25) is 0 Å². The van der Waals surface area contributed by atoms with Crippen LogP contribution < -0.4 is 0 Å². The third-order valence-corrected chi connectivity index (χ3v) is 2.58. The largest absolute Gasteiger partial charge is 0.444 e. The molecule has 4 heteroatoms. The van der Waals surface area contributed by atoms with Gasteiger partial charge in [-0.15, -0.1) is 0 Å². The van der Waals surface area contributed by atoms with Crippen molar-refractivity contribution in [2.24, 2.45) is 0 Å². The molecule has 2 aliphatic heterocycles. The van der Waals surface area contributed by atoms with Crippen LogP contribution in [0.5, 0.6) is 0 Å². The van der Waals surface area contributed by atoms with E-state index < -0.39 is 0 Å². The van der Waals surface area contributed by atoms with Gasteiger partial charge in [-0.1, -0.05) is 12.2 Å². The van der Waals surface area contributed by atoms with Crippen LogP contribution >= 0.6 is 0 Å². The molecule has 2 rings (SSSR count). The average Bonchev–Trinajstić information content (AvgIpc) is 2.46. The minimum absolute atomic E-state index is 0.0754. The number of hydrogen-bond donors (Lipinski definition) is 1. The predicted octanol–water partition coefficient (Wildman–Crippen LogP) is 0.518. The molecule has 4 nitrogen and oxygen atoms in total. The maximum atomic E-state index is 11.3. The van der Waals surface area contributed by atoms with Crippen molar-refractivity contribution < 1.29 is 14.6 Å². The summed E-state index contributed by atoms with van der Waals surface area (Å²) in [6, 6.07) is 0.143. The Hall–Kier alpha value is -1.03. The molecule has 0 radical (unpaired) electrons. The van der Waals surface area contributed by atoms with E-state index in [0.29, 0.717) is 13.0 Å². The minimum Gasteiger partial charge on any atom is -0.444 e. The second kappa shape index (κ2) is 3.38. The molecule has 0 aliphatic carbocycles. The second-order valence-electron chi connectivity index (χ2n) is 3.36. The summed E-state index contributed by atoms with van der Waals surface area (Å²) in [7, 11) is 0. The van der Waals surface area contributed by atoms with Crippen LogP contribution in [0.15, 0.2) is 12.2 Å². The van der Waals surface area contributed by atoms with Crippen LogP contribution in [0.25, 0.3) is 0 Å². The number of rotatable bonds is 2. The van der Waals surface area contributed by atoms with Gasteiger partial charge in [0.25, 0.3) is 0 Å². The highest BCUT2D eigenvalue weighted by molar-refractivity contribution is 5.71. The number of nitrogens with zero attached hydrogens (tertiary/aromatic N) is 1. The van der Waals surface area contributed by atoms with Crippen LogP contribution in [0.4, 0.5) is 4.79 Å². The molecule has 0 unspecified atom stereocenters. The van der Waals surface area contributed by atoms with Crippen molar-refractivity contribution in [2.75, 3.05) is 13.2 Å². The number of amides is 1. The minimum atomic E-state index is -0.243. The fourth-order valence-corrected chi connectivity index (χ4v) is 1.90. The van der Waals surface area contributed by atoms with Crippen molar-refractivity contribution in [1.82, 2.24) is 4.90 Å². The Kier molecular flexibility index (Phi) is 2.22. The van der Waals surface area contributed by atoms with E-state index >= 15 is 0 Å². The monoisotopic (exact) mass is 183 g/mol. The number of aliphatic hydroxyl groups excluding tert-OH is 1. The van der Waals surface area contributed by atoms with Gasteiger partial charge >= 0.3 is 6.09 Å². The molecule has 0 aromatic heterocycles. The molecule has 0 aromatic carbocycles. The third-order valence-electron chi connectivity index (χ3n) is 2.58. The molecule has 13 heavy (non-hydrogen) atoms. The van der Waals surface area contributed by atoms with E-state index in [4.69, 9.17) is 9.84 Å². The van der Waals surface area contributed by atoms with Crippen LogP contribution in [0, 0.1) is 0 Å². The van der Waals surface area contributed by atoms with Crippen LogP contribution in [-0.4, -0.2) is 41.4 Å². The van der Waals surface area contributed by atoms with Crippen molar-refractivity contribution in [2.45, 2.75) is 25.0 Å². The number of carbonyl (C=O) groups is 1. The molecule has 0 bridgehead atoms. The van der Waals surface area contributed by atoms with E-state index in [-0.39, 0.29) is 24.8 Å². The highest BCUT2D eigenvalue weighted by atomic mass is 16.6. The zero-order valence-corrected chi connectivity index (χ0v) is 7.35. The van der Waals surface area contributed by atoms with Gasteiger partial charge in [-0.3, -0.25) is 4.90 Å². The normalized spacial score (nSPS) is 31.8. The van der Waals surface area contributed by atoms with Gasteiger partial charge in [-0.05, 0) is 6.42 Å². The van der Waals surface area contributed by atoms with Gasteiger partial charge in [-0.25, -0.2) is 4.79 Å². The van der Waals surface area contributed by atoms with Crippen LogP contribution in [-0.2, 0) is 4.74 Å². The molecule has 0 spiro atoms. The van der Waals surface area contributed by atoms with Gasteiger partial charge in [0.05, 0.1) is 6.04 Å². The molecule has 2 heterocycles. The molecule has 1 saturated heterocycles. The van der Waals surface area contributed by atoms with E-state index in [1.807, 2.05) is 6.08 Å². The molecule has 0 aromatic rings. The zero-order valence-electron chi connectivity index (χ0n) is 7.35. The van der Waals surface area contributed by atoms with E-state index in [1.165, 1.54) is 0 Å². The maximum absolute atomic E-state index is 11.3. The lowest BCUT2D eigenvalue weighted by Crippen LogP contribution is -2.38. The molecule has 1 N–H and O–H groups in total. The molecular formula is C9H13NO3. The summed E-state index contributed by atoms with van der Waals surface area (Å²) >= 11 is 0. The standard InChI is InChI=1S/C9H13NO3/c11-6-4-8-7-3-1-2-5-10(7)9(12)13-8/h1-2,7-8,11H,3-6H2/t7-,8-/m0/s1. The Labute approximate surface area is 76.8 Å². The first-order valence-corrected chi connectivity index (χ1v) is 4.56. The zero-order chi connectivity index (χ0) is 9.26. The highest BCUT2D eigenvalue weighted by Gasteiger charge is 2.40. The molecular weight excluding hydrogens is 170 g/mol. The van der Waals surface area contributed by atoms with E-state index in [0.717, 1.165) is 6.42 Å². The Bertz CT molecular complexity index is 239. The van der Waals surface area contributed by atoms with Crippen molar-refractivity contribution >= 4 is 6.09 Å². The van der Waals surface area contributed by atoms with E-state index in [9.17, 15) is 4.79 Å². The van der Waals surface area contributed by atoms with Gasteiger partial charge in [0.2, 0.25) is 0 Å². The topological polar surface area (TPSA) is 49.8 Å². The Balaban J connectivity index is 2.09. The smallest absolute Gasteiger partial charge is 0.410 e. The first-order chi connectivity index (χ1) is 6.33. The summed E-state index contributed by atoms with van der Waals surface area (Å²) in [6.45, 7) is 0.720. The molecule has 2 aliphatic rings. The number of carbonyl (C=O) groups excluding carboxylic acids is 1. The van der Waals surface area contributed by atoms with Crippen LogP contribution in [0.3, 0.4) is 0 Å². The second-order valence-corrected chi connectivity index (χ2v) is 3.36. The van der Waals surface area contributed by atoms with Crippen LogP contribution in [0.1, 0.15) is 12.8 Å². The molecule has 0 saturated carbocycles. The summed E-state index contributed by atoms with van der Waals surface area (Å²) in [5.41, 5.74) is 0. The quantitative estimate of drug-likeness (QED) is 0.635. The summed E-state index contributed by atoms with van der Waals surface area (Å²) in [5, 5.41) is 8.78. The number of aliphatic hydroxyl groups is 1. The molecule has 1 amide bonds. The Morgan fingerprint density at radius 1 is 1.62 bits per heavy atom. The van der Waals surface area contributed by atoms with Gasteiger partial charge in [-0.2, -0.15) is 0 Å². The number of hydrogen-bond acceptors (Lipinski definition) is 3. The lowest BCUT2D eigenvalue weighted by molar-refractivity contribution is 0.110. The fourth-order valence-electron chi connectivity index (χ4n) is 1.90. The van der Waals surface area contributed by atoms with Crippen molar-refractivity contribution in [3.63, 3.8) is 0 Å². The van der Waals surface area contributed by atoms with Crippen molar-refractivity contribution in [1.29, 1.82) is 0 Å². The first kappa shape index (κ1) is 8.56. The van der Waals surface area contributed by atoms with Gasteiger partial charge < -0.3 is 9.84 Å². The van der Waals surface area contributed by atoms with E-state index in [1.54, 1.807) is 4.90 Å². The fraction of sp³-hybridized carbons (Fsp3) is 0.667. The lowest BCUT2D eigenvalue weighted by atomic mass is 10.0. The summed E-state index contributed by atoms with van der Waals surface area (Å²) in [6.07, 6.45) is 5.05. The van der Waals surface area contributed by atoms with Gasteiger partial charge in [0, 0.05) is 19.6 Å². The average molecular weight is 183 g/mol. The summed E-state index contributed by atoms with van der Waals surface area (Å²) in [4.78, 5) is 13.0.